The van der Waals surface area contributed by atoms with E-state index in [2.05, 4.69) is 31.5 Å². The van der Waals surface area contributed by atoms with Crippen LogP contribution in [-0.4, -0.2) is 5.78 Å². The number of hydrogen-bond acceptors (Lipinski definition) is 3. The Bertz CT molecular complexity index is 707. The molecule has 21 heavy (non-hydrogen) atoms. The Morgan fingerprint density at radius 1 is 1.14 bits per heavy atom. The second-order valence-corrected chi connectivity index (χ2v) is 6.35. The number of allylic oxidation sites excluding steroid dienone is 1. The maximum absolute atomic E-state index is 11.3. The van der Waals surface area contributed by atoms with Crippen molar-refractivity contribution in [3.63, 3.8) is 0 Å². The molecule has 0 amide bonds. The lowest BCUT2D eigenvalue weighted by molar-refractivity contribution is 0.101. The molecule has 0 unspecified atom stereocenters. The zero-order chi connectivity index (χ0) is 15.6. The molecular weight excluding hydrogens is 278 g/mol. The maximum atomic E-state index is 11.3. The minimum atomic E-state index is 0.0698. The van der Waals surface area contributed by atoms with Gasteiger partial charge >= 0.3 is 0 Å². The number of hydrogen-bond donors (Lipinski definition) is 1. The molecule has 0 aliphatic heterocycles. The van der Waals surface area contributed by atoms with Crippen LogP contribution in [0.15, 0.2) is 43.5 Å². The average molecular weight is 297 g/mol. The first-order valence-corrected chi connectivity index (χ1v) is 7.53. The van der Waals surface area contributed by atoms with Crippen molar-refractivity contribution in [2.75, 3.05) is 5.32 Å². The van der Waals surface area contributed by atoms with Crippen molar-refractivity contribution < 1.29 is 4.79 Å². The molecule has 0 aliphatic rings. The van der Waals surface area contributed by atoms with Crippen LogP contribution in [0.5, 0.6) is 0 Å². The summed E-state index contributed by atoms with van der Waals surface area (Å²) in [4.78, 5) is 13.6. The molecule has 2 nitrogen and oxygen atoms in total. The predicted octanol–water partition coefficient (Wildman–Crippen LogP) is 5.38. The molecule has 1 heterocycles. The van der Waals surface area contributed by atoms with Crippen LogP contribution < -0.4 is 5.32 Å². The van der Waals surface area contributed by atoms with E-state index in [0.717, 1.165) is 21.8 Å². The minimum Gasteiger partial charge on any atom is -0.355 e. The molecule has 0 fully saturated rings. The molecule has 0 spiro atoms. The molecule has 1 aromatic heterocycles. The first kappa shape index (κ1) is 15.3. The highest BCUT2D eigenvalue weighted by Crippen LogP contribution is 2.31. The van der Waals surface area contributed by atoms with E-state index in [1.165, 1.54) is 10.4 Å². The van der Waals surface area contributed by atoms with Gasteiger partial charge in [-0.05, 0) is 62.2 Å². The molecule has 2 rings (SSSR count). The number of thiophene rings is 1. The van der Waals surface area contributed by atoms with E-state index in [9.17, 15) is 4.79 Å². The van der Waals surface area contributed by atoms with Crippen LogP contribution >= 0.6 is 11.3 Å². The summed E-state index contributed by atoms with van der Waals surface area (Å²) in [6.07, 6.45) is 0. The number of benzene rings is 1. The van der Waals surface area contributed by atoms with Crippen LogP contribution in [0.2, 0.25) is 0 Å². The Kier molecular flexibility index (Phi) is 4.43. The van der Waals surface area contributed by atoms with Gasteiger partial charge in [-0.3, -0.25) is 4.79 Å². The van der Waals surface area contributed by atoms with Crippen molar-refractivity contribution in [3.8, 4) is 0 Å². The van der Waals surface area contributed by atoms with Gasteiger partial charge in [0.1, 0.15) is 0 Å². The van der Waals surface area contributed by atoms with Gasteiger partial charge in [-0.25, -0.2) is 0 Å². The van der Waals surface area contributed by atoms with Crippen molar-refractivity contribution in [3.05, 3.63) is 64.4 Å². The summed E-state index contributed by atoms with van der Waals surface area (Å²) >= 11 is 1.70. The summed E-state index contributed by atoms with van der Waals surface area (Å²) in [5.74, 6) is 0.0698. The molecule has 1 aromatic carbocycles. The van der Waals surface area contributed by atoms with Crippen LogP contribution in [-0.2, 0) is 0 Å². The number of nitrogens with one attached hydrogen (secondary N) is 1. The molecular formula is C18H19NOS. The smallest absolute Gasteiger partial charge is 0.159 e. The molecule has 0 aliphatic carbocycles. The number of carbonyl (C=O) groups is 1. The highest BCUT2D eigenvalue weighted by atomic mass is 32.1. The lowest BCUT2D eigenvalue weighted by Crippen LogP contribution is -1.97. The number of ketones is 1. The van der Waals surface area contributed by atoms with Gasteiger partial charge in [0.2, 0.25) is 0 Å². The monoisotopic (exact) mass is 297 g/mol. The quantitative estimate of drug-likeness (QED) is 0.751. The van der Waals surface area contributed by atoms with Gasteiger partial charge in [0.15, 0.2) is 5.78 Å². The summed E-state index contributed by atoms with van der Waals surface area (Å²) in [6.45, 7) is 13.8. The second kappa shape index (κ2) is 6.10. The summed E-state index contributed by atoms with van der Waals surface area (Å²) in [7, 11) is 0. The summed E-state index contributed by atoms with van der Waals surface area (Å²) in [6, 6.07) is 9.53. The van der Waals surface area contributed by atoms with Gasteiger partial charge in [0, 0.05) is 21.8 Å². The largest absolute Gasteiger partial charge is 0.355 e. The van der Waals surface area contributed by atoms with E-state index >= 15 is 0 Å². The van der Waals surface area contributed by atoms with Crippen molar-refractivity contribution >= 4 is 34.1 Å². The van der Waals surface area contributed by atoms with Crippen molar-refractivity contribution in [1.29, 1.82) is 0 Å². The standard InChI is InChI=1S/C18H19NOS/c1-11(2)17-10-18(21-14(17)5)12(3)19-16-8-6-15(7-9-16)13(4)20/h6-10,19H,1,3H2,2,4-5H3. The SMILES string of the molecule is C=C(Nc1ccc(C(C)=O)cc1)c1cc(C(=C)C)c(C)s1. The van der Waals surface area contributed by atoms with Crippen molar-refractivity contribution in [2.45, 2.75) is 20.8 Å². The maximum Gasteiger partial charge on any atom is 0.159 e. The van der Waals surface area contributed by atoms with Gasteiger partial charge in [-0.1, -0.05) is 13.2 Å². The Balaban J connectivity index is 2.16. The number of Topliss-reactive ketones (excluding diaryl/α,β-unsaturated/α-hetero) is 1. The number of rotatable bonds is 5. The van der Waals surface area contributed by atoms with E-state index in [-0.39, 0.29) is 5.78 Å². The summed E-state index contributed by atoms with van der Waals surface area (Å²) in [5, 5.41) is 3.28. The molecule has 2 aromatic rings. The van der Waals surface area contributed by atoms with Crippen LogP contribution in [0.4, 0.5) is 5.69 Å². The van der Waals surface area contributed by atoms with Crippen LogP contribution in [0.25, 0.3) is 11.3 Å². The van der Waals surface area contributed by atoms with Crippen LogP contribution in [0, 0.1) is 6.92 Å². The average Bonchev–Trinajstić information content (AvgIpc) is 2.81. The number of carbonyl (C=O) groups excluding carboxylic acids is 1. The van der Waals surface area contributed by atoms with Gasteiger partial charge in [0.05, 0.1) is 4.88 Å². The lowest BCUT2D eigenvalue weighted by Gasteiger charge is -2.08. The first-order valence-electron chi connectivity index (χ1n) is 6.72. The minimum absolute atomic E-state index is 0.0698. The third kappa shape index (κ3) is 3.50. The van der Waals surface area contributed by atoms with E-state index in [4.69, 9.17) is 0 Å². The zero-order valence-corrected chi connectivity index (χ0v) is 13.4. The Labute approximate surface area is 129 Å². The third-order valence-corrected chi connectivity index (χ3v) is 4.37. The predicted molar refractivity (Wildman–Crippen MR) is 92.9 cm³/mol. The van der Waals surface area contributed by atoms with Crippen LogP contribution in [0.3, 0.4) is 0 Å². The normalized spacial score (nSPS) is 10.2. The number of aryl methyl sites for hydroxylation is 1. The fraction of sp³-hybridized carbons (Fsp3) is 0.167. The van der Waals surface area contributed by atoms with E-state index < -0.39 is 0 Å². The van der Waals surface area contributed by atoms with Gasteiger partial charge in [0.25, 0.3) is 0 Å². The molecule has 3 heteroatoms. The van der Waals surface area contributed by atoms with Crippen molar-refractivity contribution in [2.24, 2.45) is 0 Å². The fourth-order valence-electron chi connectivity index (χ4n) is 2.08. The Hall–Kier alpha value is -2.13. The third-order valence-electron chi connectivity index (χ3n) is 3.26. The zero-order valence-electron chi connectivity index (χ0n) is 12.6. The number of anilines is 1. The van der Waals surface area contributed by atoms with Crippen molar-refractivity contribution in [1.82, 2.24) is 0 Å². The Morgan fingerprint density at radius 2 is 1.76 bits per heavy atom. The highest BCUT2D eigenvalue weighted by molar-refractivity contribution is 7.13. The Morgan fingerprint density at radius 3 is 2.24 bits per heavy atom. The fourth-order valence-corrected chi connectivity index (χ4v) is 3.10. The molecule has 0 saturated heterocycles. The first-order chi connectivity index (χ1) is 9.88. The lowest BCUT2D eigenvalue weighted by atomic mass is 10.1. The molecule has 108 valence electrons. The molecule has 0 saturated carbocycles. The molecule has 1 N–H and O–H groups in total. The van der Waals surface area contributed by atoms with Gasteiger partial charge < -0.3 is 5.32 Å². The molecule has 0 atom stereocenters. The molecule has 0 bridgehead atoms. The summed E-state index contributed by atoms with van der Waals surface area (Å²) < 4.78 is 0. The van der Waals surface area contributed by atoms with E-state index in [1.54, 1.807) is 18.3 Å². The van der Waals surface area contributed by atoms with Crippen LogP contribution in [0.1, 0.15) is 39.5 Å². The molecule has 0 radical (unpaired) electrons. The topological polar surface area (TPSA) is 29.1 Å². The highest BCUT2D eigenvalue weighted by Gasteiger charge is 2.09. The van der Waals surface area contributed by atoms with Gasteiger partial charge in [-0.2, -0.15) is 0 Å². The van der Waals surface area contributed by atoms with Gasteiger partial charge in [-0.15, -0.1) is 11.3 Å². The van der Waals surface area contributed by atoms with E-state index in [1.807, 2.05) is 31.2 Å². The second-order valence-electron chi connectivity index (χ2n) is 5.10. The van der Waals surface area contributed by atoms with E-state index in [0.29, 0.717) is 5.56 Å². The summed E-state index contributed by atoms with van der Waals surface area (Å²) in [5.41, 5.74) is 4.74.